The predicted molar refractivity (Wildman–Crippen MR) is 90.2 cm³/mol. The van der Waals surface area contributed by atoms with E-state index in [1.807, 2.05) is 20.8 Å². The molecular formula is C15H31N3O3Si. The zero-order chi connectivity index (χ0) is 17.2. The summed E-state index contributed by atoms with van der Waals surface area (Å²) >= 11 is 0. The van der Waals surface area contributed by atoms with Gasteiger partial charge in [0.15, 0.2) is 14.1 Å². The first-order valence-corrected chi connectivity index (χ1v) is 10.8. The van der Waals surface area contributed by atoms with Crippen molar-refractivity contribution in [3.05, 3.63) is 10.4 Å². The van der Waals surface area contributed by atoms with Crippen molar-refractivity contribution in [1.29, 1.82) is 0 Å². The third-order valence-electron chi connectivity index (χ3n) is 4.63. The van der Waals surface area contributed by atoms with Crippen molar-refractivity contribution in [2.24, 2.45) is 11.0 Å². The minimum absolute atomic E-state index is 0.0764. The molecule has 1 fully saturated rings. The lowest BCUT2D eigenvalue weighted by Crippen LogP contribution is -2.50. The predicted octanol–water partition coefficient (Wildman–Crippen LogP) is 4.47. The molecule has 0 amide bonds. The lowest BCUT2D eigenvalue weighted by molar-refractivity contribution is -0.153. The van der Waals surface area contributed by atoms with Gasteiger partial charge in [0.2, 0.25) is 0 Å². The molecule has 22 heavy (non-hydrogen) atoms. The molecule has 0 aliphatic carbocycles. The summed E-state index contributed by atoms with van der Waals surface area (Å²) < 4.78 is 18.3. The highest BCUT2D eigenvalue weighted by molar-refractivity contribution is 6.74. The Morgan fingerprint density at radius 1 is 1.41 bits per heavy atom. The van der Waals surface area contributed by atoms with E-state index >= 15 is 0 Å². The fourth-order valence-corrected chi connectivity index (χ4v) is 3.64. The van der Waals surface area contributed by atoms with Crippen LogP contribution in [0.15, 0.2) is 5.11 Å². The maximum absolute atomic E-state index is 8.58. The second-order valence-electron chi connectivity index (χ2n) is 8.10. The van der Waals surface area contributed by atoms with E-state index in [9.17, 15) is 0 Å². The Labute approximate surface area is 135 Å². The molecule has 1 saturated heterocycles. The van der Waals surface area contributed by atoms with Gasteiger partial charge in [-0.3, -0.25) is 0 Å². The van der Waals surface area contributed by atoms with Crippen LogP contribution < -0.4 is 0 Å². The third kappa shape index (κ3) is 4.96. The summed E-state index contributed by atoms with van der Waals surface area (Å²) in [6.07, 6.45) is -0.263. The van der Waals surface area contributed by atoms with Crippen molar-refractivity contribution < 1.29 is 13.9 Å². The fourth-order valence-electron chi connectivity index (χ4n) is 2.22. The molecule has 1 aliphatic heterocycles. The van der Waals surface area contributed by atoms with E-state index in [1.54, 1.807) is 0 Å². The number of nitrogens with zero attached hydrogens (tertiary/aromatic N) is 3. The molecule has 3 atom stereocenters. The molecular weight excluding hydrogens is 298 g/mol. The number of rotatable bonds is 6. The smallest absolute Gasteiger partial charge is 0.192 e. The van der Waals surface area contributed by atoms with Crippen LogP contribution in [0, 0.1) is 5.92 Å². The van der Waals surface area contributed by atoms with Gasteiger partial charge < -0.3 is 13.9 Å². The van der Waals surface area contributed by atoms with Crippen LogP contribution in [-0.4, -0.2) is 39.5 Å². The van der Waals surface area contributed by atoms with E-state index in [4.69, 9.17) is 19.4 Å². The minimum Gasteiger partial charge on any atom is -0.411 e. The van der Waals surface area contributed by atoms with Crippen molar-refractivity contribution in [1.82, 2.24) is 0 Å². The van der Waals surface area contributed by atoms with Crippen molar-refractivity contribution in [2.45, 2.75) is 77.7 Å². The zero-order valence-corrected chi connectivity index (χ0v) is 16.2. The van der Waals surface area contributed by atoms with Gasteiger partial charge >= 0.3 is 0 Å². The first kappa shape index (κ1) is 19.5. The van der Waals surface area contributed by atoms with Crippen molar-refractivity contribution >= 4 is 8.32 Å². The summed E-state index contributed by atoms with van der Waals surface area (Å²) in [6.45, 7) is 17.9. The molecule has 0 saturated carbocycles. The molecule has 128 valence electrons. The van der Waals surface area contributed by atoms with Crippen LogP contribution >= 0.6 is 0 Å². The summed E-state index contributed by atoms with van der Waals surface area (Å²) in [4.78, 5) is 2.87. The van der Waals surface area contributed by atoms with Crippen LogP contribution in [0.5, 0.6) is 0 Å². The third-order valence-corrected chi connectivity index (χ3v) is 9.10. The Bertz CT molecular complexity index is 428. The van der Waals surface area contributed by atoms with Crippen LogP contribution in [0.25, 0.3) is 10.4 Å². The molecule has 0 unspecified atom stereocenters. The van der Waals surface area contributed by atoms with Gasteiger partial charge in [-0.25, -0.2) is 0 Å². The molecule has 0 aromatic heterocycles. The van der Waals surface area contributed by atoms with E-state index in [-0.39, 0.29) is 23.2 Å². The average molecular weight is 330 g/mol. The van der Waals surface area contributed by atoms with Gasteiger partial charge in [-0.05, 0) is 43.4 Å². The normalized spacial score (nSPS) is 24.6. The topological polar surface area (TPSA) is 76.5 Å². The average Bonchev–Trinajstić information content (AvgIpc) is 2.72. The molecule has 6 nitrogen and oxygen atoms in total. The number of hydrogen-bond acceptors (Lipinski definition) is 4. The van der Waals surface area contributed by atoms with Crippen molar-refractivity contribution in [3.8, 4) is 0 Å². The van der Waals surface area contributed by atoms with E-state index in [0.717, 1.165) is 0 Å². The van der Waals surface area contributed by atoms with Crippen LogP contribution in [0.3, 0.4) is 0 Å². The Morgan fingerprint density at radius 3 is 2.41 bits per heavy atom. The minimum atomic E-state index is -1.95. The molecule has 0 bridgehead atoms. The van der Waals surface area contributed by atoms with Gasteiger partial charge in [0.05, 0.1) is 12.7 Å². The lowest BCUT2D eigenvalue weighted by Gasteiger charge is -2.42. The molecule has 0 N–H and O–H groups in total. The maximum atomic E-state index is 8.58. The molecule has 7 heteroatoms. The summed E-state index contributed by atoms with van der Waals surface area (Å²) in [5.41, 5.74) is 8.58. The van der Waals surface area contributed by atoms with E-state index < -0.39 is 14.1 Å². The van der Waals surface area contributed by atoms with Gasteiger partial charge in [-0.2, -0.15) is 0 Å². The SMILES string of the molecule is C[C@@H](CN=[N+]=[N-])[C@@H](O[Si](C)(C)C(C)(C)C)[C@H]1COC(C)(C)O1. The monoisotopic (exact) mass is 329 g/mol. The molecule has 1 rings (SSSR count). The molecule has 0 spiro atoms. The lowest BCUT2D eigenvalue weighted by atomic mass is 10.0. The van der Waals surface area contributed by atoms with Gasteiger partial charge in [0.25, 0.3) is 0 Å². The van der Waals surface area contributed by atoms with E-state index in [1.165, 1.54) is 0 Å². The standard InChI is InChI=1S/C15H31N3O3Si/c1-11(9-17-18-16)13(12-10-19-15(5,6)20-12)21-22(7,8)14(2,3)4/h11-13H,9-10H2,1-8H3/t11-,12+,13+/m0/s1. The van der Waals surface area contributed by atoms with Gasteiger partial charge in [-0.15, -0.1) is 0 Å². The molecule has 0 radical (unpaired) electrons. The van der Waals surface area contributed by atoms with Crippen LogP contribution in [0.1, 0.15) is 41.5 Å². The number of ether oxygens (including phenoxy) is 2. The van der Waals surface area contributed by atoms with Gasteiger partial charge in [0, 0.05) is 11.5 Å². The van der Waals surface area contributed by atoms with Gasteiger partial charge in [0.1, 0.15) is 6.10 Å². The fraction of sp³-hybridized carbons (Fsp3) is 1.00. The number of azide groups is 1. The summed E-state index contributed by atoms with van der Waals surface area (Å²) in [5.74, 6) is -0.509. The Hall–Kier alpha value is -0.593. The zero-order valence-electron chi connectivity index (χ0n) is 15.2. The van der Waals surface area contributed by atoms with Crippen molar-refractivity contribution in [3.63, 3.8) is 0 Å². The Morgan fingerprint density at radius 2 is 2.00 bits per heavy atom. The highest BCUT2D eigenvalue weighted by Gasteiger charge is 2.45. The Kier molecular flexibility index (Phi) is 6.09. The highest BCUT2D eigenvalue weighted by Crippen LogP contribution is 2.40. The summed E-state index contributed by atoms with van der Waals surface area (Å²) in [5, 5.41) is 3.82. The van der Waals surface area contributed by atoms with Crippen LogP contribution in [0.2, 0.25) is 18.1 Å². The number of hydrogen-bond donors (Lipinski definition) is 0. The quantitative estimate of drug-likeness (QED) is 0.312. The van der Waals surface area contributed by atoms with E-state index in [0.29, 0.717) is 13.2 Å². The highest BCUT2D eigenvalue weighted by atomic mass is 28.4. The maximum Gasteiger partial charge on any atom is 0.192 e. The van der Waals surface area contributed by atoms with Crippen molar-refractivity contribution in [2.75, 3.05) is 13.2 Å². The first-order valence-electron chi connectivity index (χ1n) is 7.90. The summed E-state index contributed by atoms with van der Waals surface area (Å²) in [6, 6.07) is 0. The molecule has 0 aromatic rings. The second kappa shape index (κ2) is 6.89. The van der Waals surface area contributed by atoms with E-state index in [2.05, 4.69) is 43.9 Å². The Balaban J connectivity index is 2.94. The molecule has 0 aromatic carbocycles. The molecule has 1 aliphatic rings. The van der Waals surface area contributed by atoms with Crippen LogP contribution in [-0.2, 0) is 13.9 Å². The largest absolute Gasteiger partial charge is 0.411 e. The molecule has 1 heterocycles. The first-order chi connectivity index (χ1) is 9.89. The van der Waals surface area contributed by atoms with Gasteiger partial charge in [-0.1, -0.05) is 32.8 Å². The summed E-state index contributed by atoms with van der Waals surface area (Å²) in [7, 11) is -1.95. The van der Waals surface area contributed by atoms with Crippen LogP contribution in [0.4, 0.5) is 0 Å². The second-order valence-corrected chi connectivity index (χ2v) is 12.9.